The zero-order valence-corrected chi connectivity index (χ0v) is 19.1. The number of allylic oxidation sites excluding steroid dienone is 1. The van der Waals surface area contributed by atoms with Gasteiger partial charge in [0.25, 0.3) is 0 Å². The van der Waals surface area contributed by atoms with Crippen LogP contribution in [0.2, 0.25) is 0 Å². The van der Waals surface area contributed by atoms with Gasteiger partial charge in [0.15, 0.2) is 5.12 Å². The second-order valence-electron chi connectivity index (χ2n) is 10.7. The van der Waals surface area contributed by atoms with Crippen molar-refractivity contribution < 1.29 is 19.4 Å². The number of thioether (sulfide) groups is 1. The van der Waals surface area contributed by atoms with Crippen LogP contribution in [0.3, 0.4) is 0 Å². The van der Waals surface area contributed by atoms with Gasteiger partial charge in [0.05, 0.1) is 18.1 Å². The molecule has 0 saturated heterocycles. The molecule has 4 nitrogen and oxygen atoms in total. The minimum Gasteiger partial charge on any atom is -0.472 e. The van der Waals surface area contributed by atoms with E-state index in [1.807, 2.05) is 6.07 Å². The highest BCUT2D eigenvalue weighted by Gasteiger charge is 2.71. The molecule has 1 aromatic rings. The molecule has 0 radical (unpaired) electrons. The van der Waals surface area contributed by atoms with Crippen LogP contribution in [0.1, 0.15) is 77.7 Å². The fraction of sp³-hybridized carbons (Fsp3) is 0.720. The zero-order chi connectivity index (χ0) is 21.4. The number of aliphatic hydroxyl groups is 2. The molecule has 2 N–H and O–H groups in total. The van der Waals surface area contributed by atoms with Crippen molar-refractivity contribution in [3.8, 4) is 0 Å². The maximum Gasteiger partial charge on any atom is 0.186 e. The molecular weight excluding hydrogens is 396 g/mol. The summed E-state index contributed by atoms with van der Waals surface area (Å²) in [5, 5.41) is 24.5. The Kier molecular flexibility index (Phi) is 4.67. The van der Waals surface area contributed by atoms with Crippen LogP contribution < -0.4 is 0 Å². The fourth-order valence-electron chi connectivity index (χ4n) is 7.95. The number of rotatable bonds is 2. The molecule has 0 bridgehead atoms. The minimum absolute atomic E-state index is 0.101. The van der Waals surface area contributed by atoms with E-state index in [1.165, 1.54) is 17.3 Å². The van der Waals surface area contributed by atoms with Crippen LogP contribution in [0.5, 0.6) is 0 Å². The van der Waals surface area contributed by atoms with Gasteiger partial charge in [0, 0.05) is 23.2 Å². The first-order valence-corrected chi connectivity index (χ1v) is 12.4. The average Bonchev–Trinajstić information content (AvgIpc) is 3.30. The largest absolute Gasteiger partial charge is 0.472 e. The van der Waals surface area contributed by atoms with Crippen molar-refractivity contribution >= 4 is 16.9 Å². The van der Waals surface area contributed by atoms with Crippen molar-refractivity contribution in [1.29, 1.82) is 0 Å². The molecule has 0 amide bonds. The number of carbonyl (C=O) groups excluding carboxylic acids is 1. The van der Waals surface area contributed by atoms with Gasteiger partial charge in [-0.25, -0.2) is 0 Å². The Hall–Kier alpha value is -1.04. The van der Waals surface area contributed by atoms with Crippen LogP contribution in [0.25, 0.3) is 0 Å². The monoisotopic (exact) mass is 430 g/mol. The van der Waals surface area contributed by atoms with E-state index in [1.54, 1.807) is 19.5 Å². The molecule has 1 aromatic heterocycles. The highest BCUT2D eigenvalue weighted by molar-refractivity contribution is 8.14. The van der Waals surface area contributed by atoms with E-state index in [0.29, 0.717) is 24.0 Å². The predicted octanol–water partition coefficient (Wildman–Crippen LogP) is 5.19. The normalized spacial score (nSPS) is 47.8. The summed E-state index contributed by atoms with van der Waals surface area (Å²) >= 11 is 1.46. The van der Waals surface area contributed by atoms with E-state index < -0.39 is 16.6 Å². The third-order valence-corrected chi connectivity index (χ3v) is 10.7. The van der Waals surface area contributed by atoms with Crippen LogP contribution in [0.4, 0.5) is 0 Å². The number of fused-ring (bicyclic) bond motifs is 5. The van der Waals surface area contributed by atoms with Gasteiger partial charge in [-0.15, -0.1) is 0 Å². The molecular formula is C25H34O4S. The molecule has 0 unspecified atom stereocenters. The van der Waals surface area contributed by atoms with E-state index in [9.17, 15) is 15.0 Å². The number of hydrogen-bond donors (Lipinski definition) is 2. The molecule has 0 aliphatic heterocycles. The lowest BCUT2D eigenvalue weighted by molar-refractivity contribution is -0.221. The lowest BCUT2D eigenvalue weighted by Gasteiger charge is -2.62. The van der Waals surface area contributed by atoms with Crippen LogP contribution in [-0.4, -0.2) is 26.2 Å². The first-order valence-electron chi connectivity index (χ1n) is 11.5. The third-order valence-electron chi connectivity index (χ3n) is 9.72. The highest BCUT2D eigenvalue weighted by Crippen LogP contribution is 2.71. The molecule has 5 rings (SSSR count). The van der Waals surface area contributed by atoms with Crippen LogP contribution in [-0.2, 0) is 10.4 Å². The molecule has 30 heavy (non-hydrogen) atoms. The number of carbonyl (C=O) groups is 1. The van der Waals surface area contributed by atoms with E-state index >= 15 is 0 Å². The summed E-state index contributed by atoms with van der Waals surface area (Å²) in [5.41, 5.74) is -0.0459. The van der Waals surface area contributed by atoms with Crippen molar-refractivity contribution in [2.24, 2.45) is 22.7 Å². The van der Waals surface area contributed by atoms with Gasteiger partial charge in [-0.3, -0.25) is 4.79 Å². The summed E-state index contributed by atoms with van der Waals surface area (Å²) in [6.07, 6.45) is 12.8. The summed E-state index contributed by atoms with van der Waals surface area (Å²) in [6, 6.07) is 1.86. The van der Waals surface area contributed by atoms with E-state index in [2.05, 4.69) is 19.9 Å². The standard InChI is InChI=1S/C25H34O4S/c1-16(26)30-19-6-9-22(2)17(14-19)4-5-21-20(22)7-10-23(3)24(27,11-12-25(21,23)28)18-8-13-29-15-18/h8,13-15,19-21,27-28H,4-7,9-12H2,1-3H3/t19-,20-,21+,22-,23+,24-,25-/m0/s1. The predicted molar refractivity (Wildman–Crippen MR) is 118 cm³/mol. The van der Waals surface area contributed by atoms with Crippen molar-refractivity contribution in [2.45, 2.75) is 88.6 Å². The first kappa shape index (κ1) is 20.8. The molecule has 3 fully saturated rings. The van der Waals surface area contributed by atoms with Crippen LogP contribution >= 0.6 is 11.8 Å². The average molecular weight is 431 g/mol. The summed E-state index contributed by atoms with van der Waals surface area (Å²) in [5.74, 6) is 0.641. The second kappa shape index (κ2) is 6.73. The third kappa shape index (κ3) is 2.58. The van der Waals surface area contributed by atoms with Gasteiger partial charge in [-0.1, -0.05) is 37.3 Å². The molecule has 1 heterocycles. The summed E-state index contributed by atoms with van der Waals surface area (Å²) in [4.78, 5) is 11.6. The topological polar surface area (TPSA) is 70.7 Å². The molecule has 0 aromatic carbocycles. The second-order valence-corrected chi connectivity index (χ2v) is 12.1. The maximum atomic E-state index is 12.2. The van der Waals surface area contributed by atoms with Gasteiger partial charge in [-0.05, 0) is 74.7 Å². The van der Waals surface area contributed by atoms with E-state index in [4.69, 9.17) is 4.42 Å². The quantitative estimate of drug-likeness (QED) is 0.632. The van der Waals surface area contributed by atoms with Gasteiger partial charge in [0.2, 0.25) is 0 Å². The maximum absolute atomic E-state index is 12.2. The summed E-state index contributed by atoms with van der Waals surface area (Å²) in [7, 11) is 0. The fourth-order valence-corrected chi connectivity index (χ4v) is 8.85. The number of hydrogen-bond acceptors (Lipinski definition) is 5. The van der Waals surface area contributed by atoms with Crippen LogP contribution in [0, 0.1) is 22.7 Å². The number of furan rings is 1. The molecule has 3 saturated carbocycles. The van der Waals surface area contributed by atoms with Crippen molar-refractivity contribution in [3.05, 3.63) is 35.8 Å². The van der Waals surface area contributed by atoms with Crippen molar-refractivity contribution in [2.75, 3.05) is 0 Å². The molecule has 4 aliphatic carbocycles. The Bertz CT molecular complexity index is 878. The van der Waals surface area contributed by atoms with Gasteiger partial charge >= 0.3 is 0 Å². The van der Waals surface area contributed by atoms with Crippen LogP contribution in [0.15, 0.2) is 34.7 Å². The zero-order valence-electron chi connectivity index (χ0n) is 18.3. The highest BCUT2D eigenvalue weighted by atomic mass is 32.2. The lowest BCUT2D eigenvalue weighted by Crippen LogP contribution is -2.63. The smallest absolute Gasteiger partial charge is 0.186 e. The molecule has 164 valence electrons. The van der Waals surface area contributed by atoms with Gasteiger partial charge in [0.1, 0.15) is 5.60 Å². The minimum atomic E-state index is -1.04. The van der Waals surface area contributed by atoms with E-state index in [-0.39, 0.29) is 16.4 Å². The van der Waals surface area contributed by atoms with Gasteiger partial charge in [-0.2, -0.15) is 0 Å². The molecule has 7 atom stereocenters. The molecule has 5 heteroatoms. The van der Waals surface area contributed by atoms with Gasteiger partial charge < -0.3 is 14.6 Å². The Morgan fingerprint density at radius 1 is 1.10 bits per heavy atom. The molecule has 4 aliphatic rings. The summed E-state index contributed by atoms with van der Waals surface area (Å²) < 4.78 is 5.31. The Morgan fingerprint density at radius 3 is 2.60 bits per heavy atom. The first-order chi connectivity index (χ1) is 14.1. The SMILES string of the molecule is CC(=O)S[C@@H]1C=C2CC[C@@H]3[C@H](CC[C@]4(C)[C@@](O)(c5ccoc5)CC[C@]34O)[C@@]2(C)CC1. The van der Waals surface area contributed by atoms with Crippen molar-refractivity contribution in [1.82, 2.24) is 0 Å². The Labute approximate surface area is 183 Å². The van der Waals surface area contributed by atoms with E-state index in [0.717, 1.165) is 44.1 Å². The summed E-state index contributed by atoms with van der Waals surface area (Å²) in [6.45, 7) is 6.16. The lowest BCUT2D eigenvalue weighted by atomic mass is 9.44. The van der Waals surface area contributed by atoms with Crippen molar-refractivity contribution in [3.63, 3.8) is 0 Å². The Morgan fingerprint density at radius 2 is 1.90 bits per heavy atom. The Balaban J connectivity index is 1.48. The molecule has 0 spiro atoms.